The van der Waals surface area contributed by atoms with Crippen molar-refractivity contribution in [2.24, 2.45) is 0 Å². The van der Waals surface area contributed by atoms with Crippen LogP contribution in [-0.2, 0) is 32.7 Å². The van der Waals surface area contributed by atoms with Crippen molar-refractivity contribution >= 4 is 19.8 Å². The predicted octanol–water partition coefficient (Wildman–Crippen LogP) is 19.0. The van der Waals surface area contributed by atoms with Gasteiger partial charge in [-0.1, -0.05) is 296 Å². The first kappa shape index (κ1) is 69.0. The highest BCUT2D eigenvalue weighted by molar-refractivity contribution is 7.47. The van der Waals surface area contributed by atoms with Crippen LogP contribution in [0, 0.1) is 0 Å². The second-order valence-electron chi connectivity index (χ2n) is 22.5. The lowest BCUT2D eigenvalue weighted by Gasteiger charge is -2.24. The van der Waals surface area contributed by atoms with E-state index in [1.807, 2.05) is 21.1 Å². The molecule has 0 rings (SSSR count). The summed E-state index contributed by atoms with van der Waals surface area (Å²) < 4.78 is 34.6. The third-order valence-electron chi connectivity index (χ3n) is 14.1. The molecule has 0 amide bonds. The molecule has 2 unspecified atom stereocenters. The van der Waals surface area contributed by atoms with Crippen molar-refractivity contribution < 1.29 is 42.1 Å². The monoisotopic (exact) mass is 1010 g/mol. The number of carbonyl (C=O) groups excluding carboxylic acids is 2. The molecule has 0 aliphatic carbocycles. The lowest BCUT2D eigenvalue weighted by Crippen LogP contribution is -2.37. The van der Waals surface area contributed by atoms with E-state index in [0.29, 0.717) is 17.4 Å². The van der Waals surface area contributed by atoms with Gasteiger partial charge in [-0.25, -0.2) is 4.57 Å². The predicted molar refractivity (Wildman–Crippen MR) is 298 cm³/mol. The number of likely N-dealkylation sites (N-methyl/N-ethyl adjacent to an activating group) is 1. The van der Waals surface area contributed by atoms with Crippen LogP contribution in [0.2, 0.25) is 0 Å². The van der Waals surface area contributed by atoms with Gasteiger partial charge in [-0.15, -0.1) is 0 Å². The van der Waals surface area contributed by atoms with Gasteiger partial charge in [0.15, 0.2) is 6.10 Å². The summed E-state index contributed by atoms with van der Waals surface area (Å²) in [6.45, 7) is 4.50. The van der Waals surface area contributed by atoms with Gasteiger partial charge in [0.05, 0.1) is 27.7 Å². The van der Waals surface area contributed by atoms with Gasteiger partial charge >= 0.3 is 19.8 Å². The molecule has 0 radical (unpaired) electrons. The molecular formula is C60H121NO8P+. The second kappa shape index (κ2) is 52.9. The third-order valence-corrected chi connectivity index (χ3v) is 15.1. The standard InChI is InChI=1S/C60H120NO8P/c1-6-8-10-12-14-16-18-20-22-23-24-25-26-27-28-29-30-31-32-33-34-35-36-37-39-41-43-45-47-49-51-53-60(63)69-58(57-68-70(64,65)67-55-54-61(3,4)5)56-66-59(62)52-50-48-46-44-42-40-38-21-19-17-15-13-11-9-7-2/h58H,6-57H2,1-5H3/p+1. The molecule has 418 valence electrons. The summed E-state index contributed by atoms with van der Waals surface area (Å²) in [6.07, 6.45) is 60.5. The molecule has 0 spiro atoms. The molecule has 9 nitrogen and oxygen atoms in total. The summed E-state index contributed by atoms with van der Waals surface area (Å²) in [6, 6.07) is 0. The average molecular weight is 1020 g/mol. The van der Waals surface area contributed by atoms with Crippen molar-refractivity contribution in [3.8, 4) is 0 Å². The largest absolute Gasteiger partial charge is 0.472 e. The highest BCUT2D eigenvalue weighted by Gasteiger charge is 2.27. The van der Waals surface area contributed by atoms with E-state index in [1.54, 1.807) is 0 Å². The number of unbranched alkanes of at least 4 members (excludes halogenated alkanes) is 44. The average Bonchev–Trinajstić information content (AvgIpc) is 3.32. The summed E-state index contributed by atoms with van der Waals surface area (Å²) in [4.78, 5) is 35.7. The second-order valence-corrected chi connectivity index (χ2v) is 23.9. The zero-order valence-electron chi connectivity index (χ0n) is 47.5. The minimum absolute atomic E-state index is 0.0374. The number of hydrogen-bond donors (Lipinski definition) is 1. The first-order valence-corrected chi connectivity index (χ1v) is 32.3. The Bertz CT molecular complexity index is 1150. The van der Waals surface area contributed by atoms with Crippen molar-refractivity contribution in [2.45, 2.75) is 328 Å². The maximum Gasteiger partial charge on any atom is 0.472 e. The van der Waals surface area contributed by atoms with Crippen molar-refractivity contribution in [2.75, 3.05) is 47.5 Å². The molecule has 70 heavy (non-hydrogen) atoms. The van der Waals surface area contributed by atoms with E-state index < -0.39 is 26.5 Å². The first-order chi connectivity index (χ1) is 34.0. The smallest absolute Gasteiger partial charge is 0.462 e. The van der Waals surface area contributed by atoms with Crippen LogP contribution in [0.25, 0.3) is 0 Å². The Balaban J connectivity index is 3.97. The van der Waals surface area contributed by atoms with Gasteiger partial charge in [-0.2, -0.15) is 0 Å². The van der Waals surface area contributed by atoms with Gasteiger partial charge < -0.3 is 18.9 Å². The summed E-state index contributed by atoms with van der Waals surface area (Å²) in [5.41, 5.74) is 0. The summed E-state index contributed by atoms with van der Waals surface area (Å²) in [5, 5.41) is 0. The van der Waals surface area contributed by atoms with Crippen LogP contribution in [0.1, 0.15) is 322 Å². The lowest BCUT2D eigenvalue weighted by molar-refractivity contribution is -0.870. The molecular weight excluding hydrogens is 894 g/mol. The molecule has 0 aromatic heterocycles. The fourth-order valence-electron chi connectivity index (χ4n) is 9.37. The number of phosphoric ester groups is 1. The number of carbonyl (C=O) groups is 2. The minimum Gasteiger partial charge on any atom is -0.462 e. The molecule has 0 saturated heterocycles. The lowest BCUT2D eigenvalue weighted by atomic mass is 10.0. The van der Waals surface area contributed by atoms with Crippen LogP contribution in [0.15, 0.2) is 0 Å². The summed E-state index contributed by atoms with van der Waals surface area (Å²) in [7, 11) is 1.50. The Hall–Kier alpha value is -0.990. The number of phosphoric acid groups is 1. The van der Waals surface area contributed by atoms with Crippen molar-refractivity contribution in [1.82, 2.24) is 0 Å². The van der Waals surface area contributed by atoms with E-state index in [4.69, 9.17) is 18.5 Å². The molecule has 1 N–H and O–H groups in total. The first-order valence-electron chi connectivity index (χ1n) is 30.8. The van der Waals surface area contributed by atoms with Gasteiger partial charge in [-0.05, 0) is 12.8 Å². The number of quaternary nitrogens is 1. The molecule has 0 aromatic carbocycles. The maximum absolute atomic E-state index is 12.8. The Morgan fingerprint density at radius 1 is 0.386 bits per heavy atom. The topological polar surface area (TPSA) is 108 Å². The Morgan fingerprint density at radius 2 is 0.643 bits per heavy atom. The Labute approximate surface area is 435 Å². The van der Waals surface area contributed by atoms with Crippen LogP contribution in [0.5, 0.6) is 0 Å². The molecule has 0 aliphatic rings. The van der Waals surface area contributed by atoms with Crippen molar-refractivity contribution in [3.05, 3.63) is 0 Å². The summed E-state index contributed by atoms with van der Waals surface area (Å²) >= 11 is 0. The van der Waals surface area contributed by atoms with Gasteiger partial charge in [0.1, 0.15) is 19.8 Å². The van der Waals surface area contributed by atoms with Gasteiger partial charge in [0.2, 0.25) is 0 Å². The minimum atomic E-state index is -4.38. The summed E-state index contributed by atoms with van der Waals surface area (Å²) in [5.74, 6) is -0.774. The van der Waals surface area contributed by atoms with Crippen LogP contribution >= 0.6 is 7.82 Å². The number of rotatable bonds is 58. The van der Waals surface area contributed by atoms with Crippen molar-refractivity contribution in [3.63, 3.8) is 0 Å². The maximum atomic E-state index is 12.8. The molecule has 0 heterocycles. The van der Waals surface area contributed by atoms with Crippen molar-refractivity contribution in [1.29, 1.82) is 0 Å². The van der Waals surface area contributed by atoms with Gasteiger partial charge in [0.25, 0.3) is 0 Å². The van der Waals surface area contributed by atoms with E-state index in [-0.39, 0.29) is 25.6 Å². The third kappa shape index (κ3) is 56.3. The molecule has 0 saturated carbocycles. The zero-order valence-corrected chi connectivity index (χ0v) is 48.4. The van der Waals surface area contributed by atoms with E-state index in [2.05, 4.69) is 13.8 Å². The normalized spacial score (nSPS) is 13.2. The Morgan fingerprint density at radius 3 is 0.914 bits per heavy atom. The van der Waals surface area contributed by atoms with E-state index in [1.165, 1.54) is 257 Å². The van der Waals surface area contributed by atoms with E-state index >= 15 is 0 Å². The highest BCUT2D eigenvalue weighted by atomic mass is 31.2. The number of hydrogen-bond acceptors (Lipinski definition) is 7. The van der Waals surface area contributed by atoms with Gasteiger partial charge in [0, 0.05) is 12.8 Å². The zero-order chi connectivity index (χ0) is 51.3. The van der Waals surface area contributed by atoms with Crippen LogP contribution < -0.4 is 0 Å². The molecule has 0 aromatic rings. The number of nitrogens with zero attached hydrogens (tertiary/aromatic N) is 1. The SMILES string of the molecule is CCCCCCCCCCCCCCCCCCCCCCCCCCCCCCCCCC(=O)OC(COC(=O)CCCCCCCCCCCCCCCCC)COP(=O)(O)OCC[N+](C)(C)C. The fraction of sp³-hybridized carbons (Fsp3) is 0.967. The van der Waals surface area contributed by atoms with E-state index in [0.717, 1.165) is 38.5 Å². The number of esters is 2. The fourth-order valence-corrected chi connectivity index (χ4v) is 10.1. The van der Waals surface area contributed by atoms with Crippen LogP contribution in [0.4, 0.5) is 0 Å². The molecule has 0 fully saturated rings. The molecule has 2 atom stereocenters. The van der Waals surface area contributed by atoms with Gasteiger partial charge in [-0.3, -0.25) is 18.6 Å². The number of ether oxygens (including phenoxy) is 2. The van der Waals surface area contributed by atoms with Crippen LogP contribution in [-0.4, -0.2) is 74.9 Å². The highest BCUT2D eigenvalue weighted by Crippen LogP contribution is 2.43. The quantitative estimate of drug-likeness (QED) is 0.0278. The van der Waals surface area contributed by atoms with E-state index in [9.17, 15) is 19.0 Å². The van der Waals surface area contributed by atoms with Crippen LogP contribution in [0.3, 0.4) is 0 Å². The molecule has 10 heteroatoms. The molecule has 0 aliphatic heterocycles. The molecule has 0 bridgehead atoms. The Kier molecular flexibility index (Phi) is 52.1.